The lowest BCUT2D eigenvalue weighted by Crippen LogP contribution is -2.18. The third-order valence-corrected chi connectivity index (χ3v) is 4.37. The van der Waals surface area contributed by atoms with Gasteiger partial charge in [0.2, 0.25) is 0 Å². The van der Waals surface area contributed by atoms with E-state index in [1.807, 2.05) is 39.8 Å². The zero-order valence-corrected chi connectivity index (χ0v) is 15.5. The molecule has 0 aliphatic rings. The number of aromatic hydroxyl groups is 1. The van der Waals surface area contributed by atoms with Gasteiger partial charge in [-0.1, -0.05) is 33.6 Å². The molecule has 0 spiro atoms. The maximum absolute atomic E-state index is 10.1. The van der Waals surface area contributed by atoms with E-state index in [1.165, 1.54) is 0 Å². The number of hydrogen-bond acceptors (Lipinski definition) is 3. The quantitative estimate of drug-likeness (QED) is 0.646. The standard InChI is InChI=1S/C20H34O3/c1-6-16-13-18(14-17(7-2)19(16)21)23-12-10-15(3)9-8-11-20(4,5)22/h13-15,21-22H,6-12H2,1-5H3. The monoisotopic (exact) mass is 322 g/mol. The molecule has 23 heavy (non-hydrogen) atoms. The van der Waals surface area contributed by atoms with Crippen LogP contribution in [0.4, 0.5) is 0 Å². The Morgan fingerprint density at radius 1 is 1.09 bits per heavy atom. The first-order chi connectivity index (χ1) is 10.8. The lowest BCUT2D eigenvalue weighted by Gasteiger charge is -2.18. The molecule has 0 saturated heterocycles. The van der Waals surface area contributed by atoms with Crippen LogP contribution in [0.5, 0.6) is 11.5 Å². The molecule has 1 unspecified atom stereocenters. The van der Waals surface area contributed by atoms with E-state index in [9.17, 15) is 10.2 Å². The van der Waals surface area contributed by atoms with Crippen molar-refractivity contribution >= 4 is 0 Å². The number of benzene rings is 1. The zero-order chi connectivity index (χ0) is 17.5. The summed E-state index contributed by atoms with van der Waals surface area (Å²) in [5.41, 5.74) is 1.35. The van der Waals surface area contributed by atoms with Gasteiger partial charge < -0.3 is 14.9 Å². The molecular formula is C20H34O3. The van der Waals surface area contributed by atoms with Crippen molar-refractivity contribution in [2.45, 2.75) is 78.7 Å². The van der Waals surface area contributed by atoms with E-state index in [4.69, 9.17) is 4.74 Å². The van der Waals surface area contributed by atoms with Crippen LogP contribution in [0.3, 0.4) is 0 Å². The second-order valence-electron chi connectivity index (χ2n) is 7.24. The highest BCUT2D eigenvalue weighted by atomic mass is 16.5. The largest absolute Gasteiger partial charge is 0.507 e. The molecule has 3 nitrogen and oxygen atoms in total. The molecule has 132 valence electrons. The van der Waals surface area contributed by atoms with Crippen LogP contribution >= 0.6 is 0 Å². The molecule has 0 aliphatic heterocycles. The number of hydrogen-bond donors (Lipinski definition) is 2. The third kappa shape index (κ3) is 7.26. The van der Waals surface area contributed by atoms with Crippen molar-refractivity contribution in [3.05, 3.63) is 23.3 Å². The second kappa shape index (κ2) is 9.17. The van der Waals surface area contributed by atoms with E-state index in [2.05, 4.69) is 6.92 Å². The van der Waals surface area contributed by atoms with Crippen molar-refractivity contribution in [3.8, 4) is 11.5 Å². The van der Waals surface area contributed by atoms with Crippen LogP contribution in [-0.2, 0) is 12.8 Å². The Kier molecular flexibility index (Phi) is 7.90. The van der Waals surface area contributed by atoms with Gasteiger partial charge in [-0.05, 0) is 68.7 Å². The van der Waals surface area contributed by atoms with Crippen molar-refractivity contribution < 1.29 is 14.9 Å². The van der Waals surface area contributed by atoms with Gasteiger partial charge in [0.15, 0.2) is 0 Å². The average Bonchev–Trinajstić information content (AvgIpc) is 2.47. The molecule has 0 radical (unpaired) electrons. The third-order valence-electron chi connectivity index (χ3n) is 4.37. The first-order valence-corrected chi connectivity index (χ1v) is 8.96. The van der Waals surface area contributed by atoms with E-state index in [0.717, 1.165) is 55.4 Å². The molecule has 0 heterocycles. The topological polar surface area (TPSA) is 49.7 Å². The highest BCUT2D eigenvalue weighted by molar-refractivity contribution is 5.46. The Morgan fingerprint density at radius 3 is 2.13 bits per heavy atom. The van der Waals surface area contributed by atoms with Gasteiger partial charge in [-0.25, -0.2) is 0 Å². The number of ether oxygens (including phenoxy) is 1. The van der Waals surface area contributed by atoms with Gasteiger partial charge in [-0.2, -0.15) is 0 Å². The van der Waals surface area contributed by atoms with E-state index >= 15 is 0 Å². The van der Waals surface area contributed by atoms with E-state index in [1.54, 1.807) is 0 Å². The smallest absolute Gasteiger partial charge is 0.122 e. The van der Waals surface area contributed by atoms with Crippen molar-refractivity contribution in [3.63, 3.8) is 0 Å². The fourth-order valence-corrected chi connectivity index (χ4v) is 2.76. The van der Waals surface area contributed by atoms with Crippen molar-refractivity contribution in [1.29, 1.82) is 0 Å². The lowest BCUT2D eigenvalue weighted by atomic mass is 9.95. The molecule has 2 N–H and O–H groups in total. The molecule has 3 heteroatoms. The molecule has 1 aromatic carbocycles. The van der Waals surface area contributed by atoms with Gasteiger partial charge in [-0.15, -0.1) is 0 Å². The van der Waals surface area contributed by atoms with Crippen molar-refractivity contribution in [2.75, 3.05) is 6.61 Å². The predicted molar refractivity (Wildman–Crippen MR) is 96.3 cm³/mol. The van der Waals surface area contributed by atoms with E-state index < -0.39 is 5.60 Å². The van der Waals surface area contributed by atoms with E-state index in [-0.39, 0.29) is 0 Å². The Morgan fingerprint density at radius 2 is 1.65 bits per heavy atom. The lowest BCUT2D eigenvalue weighted by molar-refractivity contribution is 0.0667. The molecule has 0 aromatic heterocycles. The van der Waals surface area contributed by atoms with Gasteiger partial charge in [-0.3, -0.25) is 0 Å². The van der Waals surface area contributed by atoms with Crippen molar-refractivity contribution in [1.82, 2.24) is 0 Å². The molecule has 1 aromatic rings. The minimum atomic E-state index is -0.560. The molecule has 0 bridgehead atoms. The Balaban J connectivity index is 2.43. The van der Waals surface area contributed by atoms with Crippen LogP contribution in [-0.4, -0.2) is 22.4 Å². The molecule has 0 amide bonds. The summed E-state index contributed by atoms with van der Waals surface area (Å²) in [6.45, 7) is 10.7. The number of rotatable bonds is 10. The SMILES string of the molecule is CCc1cc(OCCC(C)CCCC(C)(C)O)cc(CC)c1O. The summed E-state index contributed by atoms with van der Waals surface area (Å²) in [5, 5.41) is 19.8. The highest BCUT2D eigenvalue weighted by Crippen LogP contribution is 2.29. The normalized spacial score (nSPS) is 13.1. The number of aryl methyl sites for hydroxylation is 2. The van der Waals surface area contributed by atoms with Gasteiger partial charge in [0, 0.05) is 0 Å². The van der Waals surface area contributed by atoms with Gasteiger partial charge >= 0.3 is 0 Å². The maximum Gasteiger partial charge on any atom is 0.122 e. The molecule has 1 rings (SSSR count). The van der Waals surface area contributed by atoms with Crippen LogP contribution in [0.2, 0.25) is 0 Å². The first-order valence-electron chi connectivity index (χ1n) is 8.96. The maximum atomic E-state index is 10.1. The Hall–Kier alpha value is -1.22. The second-order valence-corrected chi connectivity index (χ2v) is 7.24. The summed E-state index contributed by atoms with van der Waals surface area (Å²) in [4.78, 5) is 0. The summed E-state index contributed by atoms with van der Waals surface area (Å²) in [6, 6.07) is 3.90. The number of phenols is 1. The first kappa shape index (κ1) is 19.8. The summed E-state index contributed by atoms with van der Waals surface area (Å²) >= 11 is 0. The average molecular weight is 322 g/mol. The number of aliphatic hydroxyl groups is 1. The van der Waals surface area contributed by atoms with E-state index in [0.29, 0.717) is 18.3 Å². The minimum absolute atomic E-state index is 0.419. The van der Waals surface area contributed by atoms with Gasteiger partial charge in [0.1, 0.15) is 11.5 Å². The Bertz CT molecular complexity index is 449. The van der Waals surface area contributed by atoms with Crippen LogP contribution in [0, 0.1) is 5.92 Å². The van der Waals surface area contributed by atoms with Crippen LogP contribution in [0.25, 0.3) is 0 Å². The molecule has 1 atom stereocenters. The van der Waals surface area contributed by atoms with Gasteiger partial charge in [0.05, 0.1) is 12.2 Å². The van der Waals surface area contributed by atoms with Crippen LogP contribution in [0.15, 0.2) is 12.1 Å². The summed E-state index contributed by atoms with van der Waals surface area (Å²) in [5.74, 6) is 1.87. The molecule has 0 fully saturated rings. The fourth-order valence-electron chi connectivity index (χ4n) is 2.76. The Labute approximate surface area is 141 Å². The molecular weight excluding hydrogens is 288 g/mol. The minimum Gasteiger partial charge on any atom is -0.507 e. The molecule has 0 saturated carbocycles. The molecule has 0 aliphatic carbocycles. The zero-order valence-electron chi connectivity index (χ0n) is 15.5. The summed E-state index contributed by atoms with van der Waals surface area (Å²) in [6.07, 6.45) is 5.63. The number of phenolic OH excluding ortho intramolecular Hbond substituents is 1. The highest BCUT2D eigenvalue weighted by Gasteiger charge is 2.13. The summed E-state index contributed by atoms with van der Waals surface area (Å²) < 4.78 is 5.90. The summed E-state index contributed by atoms with van der Waals surface area (Å²) in [7, 11) is 0. The van der Waals surface area contributed by atoms with Crippen LogP contribution in [0.1, 0.15) is 71.4 Å². The van der Waals surface area contributed by atoms with Crippen LogP contribution < -0.4 is 4.74 Å². The van der Waals surface area contributed by atoms with Gasteiger partial charge in [0.25, 0.3) is 0 Å². The predicted octanol–water partition coefficient (Wildman–Crippen LogP) is 4.86. The fraction of sp³-hybridized carbons (Fsp3) is 0.700. The van der Waals surface area contributed by atoms with Crippen molar-refractivity contribution in [2.24, 2.45) is 5.92 Å².